The zero-order valence-corrected chi connectivity index (χ0v) is 15.0. The zero-order chi connectivity index (χ0) is 18.7. The smallest absolute Gasteiger partial charge is 0.151 e. The van der Waals surface area contributed by atoms with E-state index >= 15 is 0 Å². The molecule has 1 aromatic heterocycles. The van der Waals surface area contributed by atoms with Crippen LogP contribution in [-0.2, 0) is 13.1 Å². The van der Waals surface area contributed by atoms with Crippen LogP contribution in [0.1, 0.15) is 22.5 Å². The number of nitrogens with zero attached hydrogens (tertiary/aromatic N) is 2. The maximum Gasteiger partial charge on any atom is 0.151 e. The topological polar surface area (TPSA) is 39.1 Å². The highest BCUT2D eigenvalue weighted by atomic mass is 19.1. The van der Waals surface area contributed by atoms with Crippen molar-refractivity contribution < 1.29 is 13.5 Å². The van der Waals surface area contributed by atoms with Gasteiger partial charge in [0.05, 0.1) is 12.8 Å². The standard InChI is InChI=1S/C20H21F2N3O/c1-13-18(12-23-11-15-5-4-6-17(9-15)26-3)14(2)25(24-13)20-8-7-16(21)10-19(20)22/h4-10,23H,11-12H2,1-3H3. The van der Waals surface area contributed by atoms with Crippen molar-refractivity contribution in [1.29, 1.82) is 0 Å². The number of aromatic nitrogens is 2. The number of halogens is 2. The molecule has 0 atom stereocenters. The summed E-state index contributed by atoms with van der Waals surface area (Å²) in [5.41, 5.74) is 3.98. The molecule has 4 nitrogen and oxygen atoms in total. The van der Waals surface area contributed by atoms with E-state index in [4.69, 9.17) is 4.74 Å². The van der Waals surface area contributed by atoms with E-state index in [2.05, 4.69) is 10.4 Å². The molecule has 26 heavy (non-hydrogen) atoms. The molecule has 1 heterocycles. The summed E-state index contributed by atoms with van der Waals surface area (Å²) in [6, 6.07) is 11.3. The first-order valence-electron chi connectivity index (χ1n) is 8.33. The van der Waals surface area contributed by atoms with E-state index in [0.29, 0.717) is 13.1 Å². The predicted molar refractivity (Wildman–Crippen MR) is 96.5 cm³/mol. The Morgan fingerprint density at radius 3 is 2.62 bits per heavy atom. The van der Waals surface area contributed by atoms with Gasteiger partial charge in [-0.15, -0.1) is 0 Å². The molecule has 0 saturated carbocycles. The van der Waals surface area contributed by atoms with Crippen LogP contribution in [0, 0.1) is 25.5 Å². The van der Waals surface area contributed by atoms with Crippen LogP contribution in [0.5, 0.6) is 5.75 Å². The van der Waals surface area contributed by atoms with Gasteiger partial charge in [-0.05, 0) is 43.7 Å². The van der Waals surface area contributed by atoms with E-state index in [-0.39, 0.29) is 5.69 Å². The van der Waals surface area contributed by atoms with Gasteiger partial charge < -0.3 is 10.1 Å². The van der Waals surface area contributed by atoms with Gasteiger partial charge in [-0.2, -0.15) is 5.10 Å². The number of nitrogens with one attached hydrogen (secondary N) is 1. The van der Waals surface area contributed by atoms with Crippen LogP contribution in [0.4, 0.5) is 8.78 Å². The highest BCUT2D eigenvalue weighted by Gasteiger charge is 2.15. The molecule has 3 rings (SSSR count). The van der Waals surface area contributed by atoms with E-state index in [9.17, 15) is 8.78 Å². The third kappa shape index (κ3) is 3.75. The molecular weight excluding hydrogens is 336 g/mol. The van der Waals surface area contributed by atoms with Gasteiger partial charge in [-0.1, -0.05) is 12.1 Å². The van der Waals surface area contributed by atoms with Gasteiger partial charge in [0.1, 0.15) is 17.3 Å². The first-order valence-corrected chi connectivity index (χ1v) is 8.33. The Morgan fingerprint density at radius 2 is 1.88 bits per heavy atom. The quantitative estimate of drug-likeness (QED) is 0.723. The average molecular weight is 357 g/mol. The third-order valence-corrected chi connectivity index (χ3v) is 4.34. The van der Waals surface area contributed by atoms with Gasteiger partial charge in [0, 0.05) is 30.4 Å². The molecule has 0 fully saturated rings. The summed E-state index contributed by atoms with van der Waals surface area (Å²) in [6.45, 7) is 5.03. The van der Waals surface area contributed by atoms with E-state index in [1.165, 1.54) is 16.8 Å². The maximum absolute atomic E-state index is 14.1. The van der Waals surface area contributed by atoms with Crippen molar-refractivity contribution in [1.82, 2.24) is 15.1 Å². The van der Waals surface area contributed by atoms with Crippen molar-refractivity contribution in [3.8, 4) is 11.4 Å². The van der Waals surface area contributed by atoms with Gasteiger partial charge >= 0.3 is 0 Å². The molecule has 0 amide bonds. The molecule has 2 aromatic carbocycles. The molecule has 3 aromatic rings. The van der Waals surface area contributed by atoms with Crippen LogP contribution in [0.15, 0.2) is 42.5 Å². The minimum Gasteiger partial charge on any atom is -0.497 e. The Hall–Kier alpha value is -2.73. The summed E-state index contributed by atoms with van der Waals surface area (Å²) in [5.74, 6) is -0.421. The Balaban J connectivity index is 1.75. The first-order chi connectivity index (χ1) is 12.5. The Bertz CT molecular complexity index is 921. The molecule has 0 aliphatic heterocycles. The van der Waals surface area contributed by atoms with E-state index < -0.39 is 11.6 Å². The molecule has 0 aliphatic rings. The van der Waals surface area contributed by atoms with Crippen molar-refractivity contribution in [2.45, 2.75) is 26.9 Å². The van der Waals surface area contributed by atoms with Gasteiger partial charge in [-0.25, -0.2) is 13.5 Å². The Morgan fingerprint density at radius 1 is 1.08 bits per heavy atom. The van der Waals surface area contributed by atoms with Crippen LogP contribution >= 0.6 is 0 Å². The van der Waals surface area contributed by atoms with E-state index in [1.54, 1.807) is 7.11 Å². The fourth-order valence-electron chi connectivity index (χ4n) is 2.93. The number of benzene rings is 2. The largest absolute Gasteiger partial charge is 0.497 e. The summed E-state index contributed by atoms with van der Waals surface area (Å²) >= 11 is 0. The van der Waals surface area contributed by atoms with E-state index in [0.717, 1.165) is 34.3 Å². The van der Waals surface area contributed by atoms with Crippen LogP contribution in [0.25, 0.3) is 5.69 Å². The highest BCUT2D eigenvalue weighted by molar-refractivity contribution is 5.38. The van der Waals surface area contributed by atoms with Crippen LogP contribution < -0.4 is 10.1 Å². The van der Waals surface area contributed by atoms with Crippen LogP contribution in [-0.4, -0.2) is 16.9 Å². The monoisotopic (exact) mass is 357 g/mol. The zero-order valence-electron chi connectivity index (χ0n) is 15.0. The molecule has 0 unspecified atom stereocenters. The fraction of sp³-hybridized carbons (Fsp3) is 0.250. The second-order valence-corrected chi connectivity index (χ2v) is 6.11. The lowest BCUT2D eigenvalue weighted by atomic mass is 10.1. The lowest BCUT2D eigenvalue weighted by Gasteiger charge is -2.09. The molecule has 0 saturated heterocycles. The SMILES string of the molecule is COc1cccc(CNCc2c(C)nn(-c3ccc(F)cc3F)c2C)c1. The molecule has 0 radical (unpaired) electrons. The predicted octanol–water partition coefficient (Wildman–Crippen LogP) is 4.07. The summed E-state index contributed by atoms with van der Waals surface area (Å²) in [6.07, 6.45) is 0. The summed E-state index contributed by atoms with van der Waals surface area (Å²) in [4.78, 5) is 0. The molecule has 0 spiro atoms. The maximum atomic E-state index is 14.1. The van der Waals surface area contributed by atoms with Gasteiger partial charge in [0.15, 0.2) is 5.82 Å². The third-order valence-electron chi connectivity index (χ3n) is 4.34. The minimum atomic E-state index is -0.633. The highest BCUT2D eigenvalue weighted by Crippen LogP contribution is 2.21. The second-order valence-electron chi connectivity index (χ2n) is 6.11. The molecule has 6 heteroatoms. The van der Waals surface area contributed by atoms with Crippen molar-refractivity contribution in [3.63, 3.8) is 0 Å². The van der Waals surface area contributed by atoms with Gasteiger partial charge in [0.25, 0.3) is 0 Å². The lowest BCUT2D eigenvalue weighted by Crippen LogP contribution is -2.14. The number of methoxy groups -OCH3 is 1. The van der Waals surface area contributed by atoms with Crippen molar-refractivity contribution >= 4 is 0 Å². The lowest BCUT2D eigenvalue weighted by molar-refractivity contribution is 0.414. The Labute approximate surface area is 151 Å². The average Bonchev–Trinajstić information content (AvgIpc) is 2.90. The minimum absolute atomic E-state index is 0.242. The molecule has 0 bridgehead atoms. The normalized spacial score (nSPS) is 11.0. The number of hydrogen-bond donors (Lipinski definition) is 1. The molecule has 0 aliphatic carbocycles. The van der Waals surface area contributed by atoms with Gasteiger partial charge in [0.2, 0.25) is 0 Å². The number of rotatable bonds is 6. The summed E-state index contributed by atoms with van der Waals surface area (Å²) < 4.78 is 34.0. The number of hydrogen-bond acceptors (Lipinski definition) is 3. The van der Waals surface area contributed by atoms with Crippen LogP contribution in [0.2, 0.25) is 0 Å². The number of aryl methyl sites for hydroxylation is 1. The number of ether oxygens (including phenoxy) is 1. The Kier molecular flexibility index (Phi) is 5.32. The molecule has 136 valence electrons. The van der Waals surface area contributed by atoms with Crippen LogP contribution in [0.3, 0.4) is 0 Å². The van der Waals surface area contributed by atoms with E-state index in [1.807, 2.05) is 38.1 Å². The van der Waals surface area contributed by atoms with Crippen molar-refractivity contribution in [2.24, 2.45) is 0 Å². The second kappa shape index (κ2) is 7.66. The molecular formula is C20H21F2N3O. The summed E-state index contributed by atoms with van der Waals surface area (Å²) in [5, 5.41) is 7.80. The first kappa shape index (κ1) is 18.1. The van der Waals surface area contributed by atoms with Crippen molar-refractivity contribution in [2.75, 3.05) is 7.11 Å². The van der Waals surface area contributed by atoms with Crippen molar-refractivity contribution in [3.05, 3.63) is 76.6 Å². The summed E-state index contributed by atoms with van der Waals surface area (Å²) in [7, 11) is 1.64. The fourth-order valence-corrected chi connectivity index (χ4v) is 2.93. The van der Waals surface area contributed by atoms with Gasteiger partial charge in [-0.3, -0.25) is 0 Å². The molecule has 1 N–H and O–H groups in total.